The van der Waals surface area contributed by atoms with Crippen molar-refractivity contribution in [2.45, 2.75) is 20.3 Å². The summed E-state index contributed by atoms with van der Waals surface area (Å²) >= 11 is 1.41. The Bertz CT molecular complexity index is 1230. The Morgan fingerprint density at radius 1 is 1.28 bits per heavy atom. The average molecular weight is 453 g/mol. The van der Waals surface area contributed by atoms with Crippen LogP contribution in [-0.4, -0.2) is 43.5 Å². The highest BCUT2D eigenvalue weighted by Gasteiger charge is 2.25. The van der Waals surface area contributed by atoms with E-state index in [0.717, 1.165) is 22.6 Å². The molecule has 4 rings (SSSR count). The number of nitrogen functional groups attached to an aromatic ring is 1. The lowest BCUT2D eigenvalue weighted by molar-refractivity contribution is 0.0950. The summed E-state index contributed by atoms with van der Waals surface area (Å²) in [5.41, 5.74) is 10.3. The fraction of sp³-hybridized carbons (Fsp3) is 0.200. The van der Waals surface area contributed by atoms with E-state index < -0.39 is 5.91 Å². The number of carbonyl (C=O) groups excluding carboxylic acids is 1. The Morgan fingerprint density at radius 2 is 2.09 bits per heavy atom. The summed E-state index contributed by atoms with van der Waals surface area (Å²) in [5.74, 6) is 0.424. The van der Waals surface area contributed by atoms with Gasteiger partial charge in [0.2, 0.25) is 11.6 Å². The smallest absolute Gasteiger partial charge is 0.294 e. The molecule has 0 spiro atoms. The van der Waals surface area contributed by atoms with Gasteiger partial charge in [0.1, 0.15) is 11.4 Å². The molecule has 0 fully saturated rings. The van der Waals surface area contributed by atoms with Crippen molar-refractivity contribution in [3.8, 4) is 22.1 Å². The van der Waals surface area contributed by atoms with E-state index in [-0.39, 0.29) is 17.3 Å². The highest BCUT2D eigenvalue weighted by Crippen LogP contribution is 2.29. The molecule has 12 heteroatoms. The topological polar surface area (TPSA) is 146 Å². The molecule has 0 aliphatic carbocycles. The number of carbonyl (C=O) groups is 1. The largest absolute Gasteiger partial charge is 0.494 e. The number of hydrazone groups is 1. The van der Waals surface area contributed by atoms with Crippen molar-refractivity contribution in [3.05, 3.63) is 53.0 Å². The van der Waals surface area contributed by atoms with E-state index >= 15 is 0 Å². The zero-order valence-corrected chi connectivity index (χ0v) is 18.2. The van der Waals surface area contributed by atoms with Crippen molar-refractivity contribution in [1.29, 1.82) is 0 Å². The number of aromatic nitrogens is 5. The zero-order chi connectivity index (χ0) is 22.5. The molecular formula is C20H20N8O3S. The molecule has 0 unspecified atom stereocenters. The van der Waals surface area contributed by atoms with Crippen LogP contribution in [0.25, 0.3) is 16.4 Å². The van der Waals surface area contributed by atoms with E-state index in [2.05, 4.69) is 35.8 Å². The van der Waals surface area contributed by atoms with E-state index in [1.165, 1.54) is 16.0 Å². The zero-order valence-electron chi connectivity index (χ0n) is 17.3. The molecule has 1 amide bonds. The first kappa shape index (κ1) is 21.2. The van der Waals surface area contributed by atoms with Crippen molar-refractivity contribution in [2.24, 2.45) is 5.10 Å². The molecule has 0 saturated heterocycles. The molecule has 0 bridgehead atoms. The predicted octanol–water partition coefficient (Wildman–Crippen LogP) is 2.90. The lowest BCUT2D eigenvalue weighted by atomic mass is 10.1. The SMILES string of the molecule is CCCOc1ccc(/C(C)=N\NC(=O)c2nnn(-c3nonc3N)c2-c2cccs2)cc1. The van der Waals surface area contributed by atoms with Crippen molar-refractivity contribution in [3.63, 3.8) is 0 Å². The van der Waals surface area contributed by atoms with Crippen LogP contribution >= 0.6 is 11.3 Å². The van der Waals surface area contributed by atoms with Crippen molar-refractivity contribution < 1.29 is 14.2 Å². The summed E-state index contributed by atoms with van der Waals surface area (Å²) in [5, 5.41) is 21.4. The minimum atomic E-state index is -0.531. The number of anilines is 1. The van der Waals surface area contributed by atoms with Gasteiger partial charge in [-0.05, 0) is 64.9 Å². The molecule has 0 atom stereocenters. The molecule has 0 radical (unpaired) electrons. The molecule has 11 nitrogen and oxygen atoms in total. The minimum Gasteiger partial charge on any atom is -0.494 e. The third kappa shape index (κ3) is 4.34. The van der Waals surface area contributed by atoms with Gasteiger partial charge in [-0.1, -0.05) is 18.2 Å². The van der Waals surface area contributed by atoms with Crippen LogP contribution in [0.15, 0.2) is 51.5 Å². The van der Waals surface area contributed by atoms with Gasteiger partial charge >= 0.3 is 0 Å². The van der Waals surface area contributed by atoms with Crippen LogP contribution in [-0.2, 0) is 0 Å². The summed E-state index contributed by atoms with van der Waals surface area (Å²) < 4.78 is 11.6. The lowest BCUT2D eigenvalue weighted by Crippen LogP contribution is -2.20. The normalized spacial score (nSPS) is 11.5. The number of nitrogens with zero attached hydrogens (tertiary/aromatic N) is 6. The van der Waals surface area contributed by atoms with Crippen LogP contribution in [0.4, 0.5) is 5.82 Å². The van der Waals surface area contributed by atoms with Crippen molar-refractivity contribution >= 4 is 28.8 Å². The second-order valence-corrected chi connectivity index (χ2v) is 7.61. The maximum absolute atomic E-state index is 12.9. The number of amides is 1. The molecule has 164 valence electrons. The molecule has 3 aromatic heterocycles. The summed E-state index contributed by atoms with van der Waals surface area (Å²) in [6, 6.07) is 11.2. The van der Waals surface area contributed by atoms with Gasteiger partial charge in [0.15, 0.2) is 5.69 Å². The van der Waals surface area contributed by atoms with Crippen LogP contribution in [0.5, 0.6) is 5.75 Å². The molecule has 32 heavy (non-hydrogen) atoms. The van der Waals surface area contributed by atoms with E-state index in [4.69, 9.17) is 10.5 Å². The summed E-state index contributed by atoms with van der Waals surface area (Å²) in [4.78, 5) is 13.6. The van der Waals surface area contributed by atoms with Crippen LogP contribution < -0.4 is 15.9 Å². The first-order valence-electron chi connectivity index (χ1n) is 9.74. The fourth-order valence-corrected chi connectivity index (χ4v) is 3.58. The Morgan fingerprint density at radius 3 is 2.75 bits per heavy atom. The van der Waals surface area contributed by atoms with Gasteiger partial charge in [-0.15, -0.1) is 16.4 Å². The molecule has 4 aromatic rings. The maximum atomic E-state index is 12.9. The highest BCUT2D eigenvalue weighted by molar-refractivity contribution is 7.13. The Balaban J connectivity index is 1.57. The monoisotopic (exact) mass is 452 g/mol. The number of rotatable bonds is 8. The fourth-order valence-electron chi connectivity index (χ4n) is 2.82. The quantitative estimate of drug-likeness (QED) is 0.306. The van der Waals surface area contributed by atoms with Crippen LogP contribution in [0.1, 0.15) is 36.3 Å². The van der Waals surface area contributed by atoms with E-state index in [0.29, 0.717) is 18.0 Å². The Kier molecular flexibility index (Phi) is 6.22. The number of thiophene rings is 1. The number of nitrogens with two attached hydrogens (primary N) is 1. The highest BCUT2D eigenvalue weighted by atomic mass is 32.1. The van der Waals surface area contributed by atoms with E-state index in [1.54, 1.807) is 6.92 Å². The van der Waals surface area contributed by atoms with Crippen LogP contribution in [0, 0.1) is 0 Å². The van der Waals surface area contributed by atoms with Gasteiger partial charge in [-0.2, -0.15) is 9.78 Å². The molecule has 3 N–H and O–H groups in total. The van der Waals surface area contributed by atoms with E-state index in [1.807, 2.05) is 48.7 Å². The van der Waals surface area contributed by atoms with E-state index in [9.17, 15) is 4.79 Å². The van der Waals surface area contributed by atoms with Crippen LogP contribution in [0.3, 0.4) is 0 Å². The average Bonchev–Trinajstić information content (AvgIpc) is 3.56. The van der Waals surface area contributed by atoms with Gasteiger partial charge < -0.3 is 10.5 Å². The second-order valence-electron chi connectivity index (χ2n) is 6.66. The van der Waals surface area contributed by atoms with Gasteiger partial charge in [-0.3, -0.25) is 4.79 Å². The molecule has 0 aliphatic rings. The number of hydrogen-bond acceptors (Lipinski definition) is 10. The molecule has 3 heterocycles. The van der Waals surface area contributed by atoms with Crippen LogP contribution in [0.2, 0.25) is 0 Å². The summed E-state index contributed by atoms with van der Waals surface area (Å²) in [7, 11) is 0. The summed E-state index contributed by atoms with van der Waals surface area (Å²) in [6.45, 7) is 4.50. The van der Waals surface area contributed by atoms with Gasteiger partial charge in [0, 0.05) is 0 Å². The predicted molar refractivity (Wildman–Crippen MR) is 119 cm³/mol. The number of nitrogens with one attached hydrogen (secondary N) is 1. The maximum Gasteiger partial charge on any atom is 0.294 e. The second kappa shape index (κ2) is 9.39. The molecule has 0 saturated carbocycles. The first-order valence-corrected chi connectivity index (χ1v) is 10.6. The molecule has 1 aromatic carbocycles. The third-order valence-electron chi connectivity index (χ3n) is 4.41. The van der Waals surface area contributed by atoms with Crippen molar-refractivity contribution in [1.82, 2.24) is 30.7 Å². The van der Waals surface area contributed by atoms with Gasteiger partial charge in [0.25, 0.3) is 5.91 Å². The third-order valence-corrected chi connectivity index (χ3v) is 5.28. The standard InChI is InChI=1S/C20H20N8O3S/c1-3-10-30-14-8-6-13(7-9-14)12(2)22-24-20(29)16-17(15-5-4-11-32-15)28(27-23-16)19-18(21)25-31-26-19/h4-9,11H,3,10H2,1-2H3,(H2,21,25)(H,24,29)/b22-12-. The number of benzene rings is 1. The minimum absolute atomic E-state index is 0.0277. The Labute approximate surface area is 186 Å². The Hall–Kier alpha value is -4.06. The summed E-state index contributed by atoms with van der Waals surface area (Å²) in [6.07, 6.45) is 0.937. The molecular weight excluding hydrogens is 432 g/mol. The first-order chi connectivity index (χ1) is 15.6. The van der Waals surface area contributed by atoms with Gasteiger partial charge in [0.05, 0.1) is 17.2 Å². The van der Waals surface area contributed by atoms with Gasteiger partial charge in [-0.25, -0.2) is 10.1 Å². The van der Waals surface area contributed by atoms with Crippen molar-refractivity contribution in [2.75, 3.05) is 12.3 Å². The lowest BCUT2D eigenvalue weighted by Gasteiger charge is -2.06. The molecule has 0 aliphatic heterocycles. The number of ether oxygens (including phenoxy) is 1. The number of hydrogen-bond donors (Lipinski definition) is 2.